The fourth-order valence-corrected chi connectivity index (χ4v) is 4.04. The quantitative estimate of drug-likeness (QED) is 0.455. The van der Waals surface area contributed by atoms with Crippen LogP contribution in [0, 0.1) is 9.49 Å². The number of benzene rings is 1. The summed E-state index contributed by atoms with van der Waals surface area (Å²) in [6.45, 7) is 6.10. The van der Waals surface area contributed by atoms with Gasteiger partial charge in [-0.25, -0.2) is 0 Å². The highest BCUT2D eigenvalue weighted by Gasteiger charge is 2.33. The average molecular weight is 444 g/mol. The van der Waals surface area contributed by atoms with E-state index in [-0.39, 0.29) is 23.1 Å². The molecule has 124 valence electrons. The molecule has 1 aromatic carbocycles. The van der Waals surface area contributed by atoms with Crippen LogP contribution >= 0.6 is 34.4 Å². The van der Waals surface area contributed by atoms with Crippen molar-refractivity contribution in [1.82, 2.24) is 0 Å². The Bertz CT molecular complexity index is 601. The first kappa shape index (κ1) is 18.4. The van der Waals surface area contributed by atoms with Gasteiger partial charge in [0.1, 0.15) is 5.76 Å². The minimum atomic E-state index is -0.287. The summed E-state index contributed by atoms with van der Waals surface area (Å²) in [6, 6.07) is 8.13. The molecule has 23 heavy (non-hydrogen) atoms. The summed E-state index contributed by atoms with van der Waals surface area (Å²) in [4.78, 5) is 4.28. The standard InChI is InChI=1S/C17H21IN2O2S/c1-11-10-15(22)16(12(2)19-8-3-9-21)17(23-11)20-14-6-4-13(18)5-7-14/h4-8,10-11,16-17,20-22H,2-3,9H2,1H3/t11-,16?,17?/m0/s1. The summed E-state index contributed by atoms with van der Waals surface area (Å²) in [5, 5.41) is 22.9. The fraction of sp³-hybridized carbons (Fsp3) is 0.353. The number of hydrogen-bond acceptors (Lipinski definition) is 5. The van der Waals surface area contributed by atoms with Gasteiger partial charge in [0.05, 0.1) is 11.3 Å². The molecule has 0 fully saturated rings. The van der Waals surface area contributed by atoms with Crippen molar-refractivity contribution in [2.45, 2.75) is 24.0 Å². The number of aliphatic imine (C=N–C) groups is 1. The van der Waals surface area contributed by atoms with E-state index >= 15 is 0 Å². The molecule has 1 aromatic rings. The first-order valence-corrected chi connectivity index (χ1v) is 9.44. The Morgan fingerprint density at radius 3 is 2.78 bits per heavy atom. The van der Waals surface area contributed by atoms with Crippen LogP contribution in [0.4, 0.5) is 5.69 Å². The molecule has 0 amide bonds. The summed E-state index contributed by atoms with van der Waals surface area (Å²) >= 11 is 4.00. The summed E-state index contributed by atoms with van der Waals surface area (Å²) in [6.07, 6.45) is 3.96. The van der Waals surface area contributed by atoms with Crippen molar-refractivity contribution in [2.75, 3.05) is 11.9 Å². The SMILES string of the molecule is C=C(N=CCCO)C1C(O)=C[C@H](C)SC1Nc1ccc(I)cc1. The highest BCUT2D eigenvalue weighted by atomic mass is 127. The van der Waals surface area contributed by atoms with Crippen molar-refractivity contribution >= 4 is 46.3 Å². The molecule has 2 unspecified atom stereocenters. The zero-order chi connectivity index (χ0) is 16.8. The maximum Gasteiger partial charge on any atom is 0.101 e. The lowest BCUT2D eigenvalue weighted by atomic mass is 10.0. The molecule has 1 aliphatic heterocycles. The van der Waals surface area contributed by atoms with Gasteiger partial charge in [0.15, 0.2) is 0 Å². The highest BCUT2D eigenvalue weighted by molar-refractivity contribution is 14.1. The monoisotopic (exact) mass is 444 g/mol. The van der Waals surface area contributed by atoms with Crippen LogP contribution in [0.15, 0.2) is 53.4 Å². The molecule has 3 N–H and O–H groups in total. The lowest BCUT2D eigenvalue weighted by Crippen LogP contribution is -2.33. The molecule has 1 heterocycles. The number of anilines is 1. The second kappa shape index (κ2) is 8.75. The Labute approximate surface area is 154 Å². The van der Waals surface area contributed by atoms with E-state index in [1.807, 2.05) is 30.3 Å². The van der Waals surface area contributed by atoms with Crippen LogP contribution < -0.4 is 5.32 Å². The number of aliphatic hydroxyl groups is 2. The van der Waals surface area contributed by atoms with Crippen LogP contribution in [0.3, 0.4) is 0 Å². The molecule has 0 saturated heterocycles. The molecule has 6 heteroatoms. The lowest BCUT2D eigenvalue weighted by molar-refractivity contribution is 0.308. The van der Waals surface area contributed by atoms with Crippen LogP contribution in [0.5, 0.6) is 0 Å². The number of halogens is 1. The highest BCUT2D eigenvalue weighted by Crippen LogP contribution is 2.38. The second-order valence-electron chi connectivity index (χ2n) is 5.30. The van der Waals surface area contributed by atoms with Crippen LogP contribution in [-0.2, 0) is 0 Å². The van der Waals surface area contributed by atoms with E-state index in [1.165, 1.54) is 3.57 Å². The van der Waals surface area contributed by atoms with Crippen LogP contribution in [0.2, 0.25) is 0 Å². The van der Waals surface area contributed by atoms with E-state index in [2.05, 4.69) is 46.4 Å². The fourth-order valence-electron chi connectivity index (χ4n) is 2.34. The number of nitrogens with one attached hydrogen (secondary N) is 1. The van der Waals surface area contributed by atoms with E-state index in [1.54, 1.807) is 18.0 Å². The molecule has 0 radical (unpaired) electrons. The third-order valence-electron chi connectivity index (χ3n) is 3.42. The maximum atomic E-state index is 10.4. The number of rotatable bonds is 6. The third kappa shape index (κ3) is 5.26. The maximum absolute atomic E-state index is 10.4. The van der Waals surface area contributed by atoms with E-state index in [9.17, 15) is 5.11 Å². The average Bonchev–Trinajstić information content (AvgIpc) is 2.49. The minimum absolute atomic E-state index is 0.0474. The summed E-state index contributed by atoms with van der Waals surface area (Å²) in [5.74, 6) is 0.0100. The lowest BCUT2D eigenvalue weighted by Gasteiger charge is -2.33. The first-order valence-electron chi connectivity index (χ1n) is 7.41. The van der Waals surface area contributed by atoms with Gasteiger partial charge in [-0.05, 0) is 59.9 Å². The zero-order valence-electron chi connectivity index (χ0n) is 12.9. The molecule has 0 bridgehead atoms. The number of hydrogen-bond donors (Lipinski definition) is 3. The Hall–Kier alpha value is -0.990. The Morgan fingerprint density at radius 1 is 1.43 bits per heavy atom. The van der Waals surface area contributed by atoms with Gasteiger partial charge >= 0.3 is 0 Å². The Morgan fingerprint density at radius 2 is 2.13 bits per heavy atom. The van der Waals surface area contributed by atoms with Gasteiger partial charge in [0.2, 0.25) is 0 Å². The molecule has 3 atom stereocenters. The van der Waals surface area contributed by atoms with Crippen molar-refractivity contribution in [3.05, 3.63) is 51.9 Å². The van der Waals surface area contributed by atoms with Crippen LogP contribution in [0.1, 0.15) is 13.3 Å². The number of thioether (sulfide) groups is 1. The number of aliphatic hydroxyl groups excluding tert-OH is 2. The summed E-state index contributed by atoms with van der Waals surface area (Å²) in [5.41, 5.74) is 1.59. The molecule has 4 nitrogen and oxygen atoms in total. The Kier molecular flexibility index (Phi) is 6.98. The molecular weight excluding hydrogens is 423 g/mol. The topological polar surface area (TPSA) is 64.9 Å². The van der Waals surface area contributed by atoms with Gasteiger partial charge in [-0.15, -0.1) is 11.8 Å². The molecule has 0 aliphatic carbocycles. The van der Waals surface area contributed by atoms with Gasteiger partial charge in [0, 0.05) is 39.4 Å². The molecule has 0 spiro atoms. The smallest absolute Gasteiger partial charge is 0.101 e. The summed E-state index contributed by atoms with van der Waals surface area (Å²) < 4.78 is 1.18. The molecular formula is C17H21IN2O2S. The van der Waals surface area contributed by atoms with Crippen LogP contribution in [0.25, 0.3) is 0 Å². The minimum Gasteiger partial charge on any atom is -0.512 e. The van der Waals surface area contributed by atoms with E-state index < -0.39 is 0 Å². The van der Waals surface area contributed by atoms with Gasteiger partial charge in [-0.1, -0.05) is 6.58 Å². The second-order valence-corrected chi connectivity index (χ2v) is 8.07. The van der Waals surface area contributed by atoms with Gasteiger partial charge in [-0.2, -0.15) is 0 Å². The predicted octanol–water partition coefficient (Wildman–Crippen LogP) is 4.19. The van der Waals surface area contributed by atoms with E-state index in [0.29, 0.717) is 17.9 Å². The predicted molar refractivity (Wildman–Crippen MR) is 107 cm³/mol. The van der Waals surface area contributed by atoms with Gasteiger partial charge in [0.25, 0.3) is 0 Å². The first-order chi connectivity index (χ1) is 11.0. The van der Waals surface area contributed by atoms with Crippen LogP contribution in [-0.4, -0.2) is 33.7 Å². The molecule has 2 rings (SSSR count). The van der Waals surface area contributed by atoms with Gasteiger partial charge in [-0.3, -0.25) is 4.99 Å². The van der Waals surface area contributed by atoms with Crippen molar-refractivity contribution in [2.24, 2.45) is 10.9 Å². The molecule has 0 aromatic heterocycles. The molecule has 0 saturated carbocycles. The number of nitrogens with zero attached hydrogens (tertiary/aromatic N) is 1. The van der Waals surface area contributed by atoms with Crippen molar-refractivity contribution < 1.29 is 10.2 Å². The zero-order valence-corrected chi connectivity index (χ0v) is 15.9. The van der Waals surface area contributed by atoms with E-state index in [4.69, 9.17) is 5.11 Å². The van der Waals surface area contributed by atoms with Gasteiger partial charge < -0.3 is 15.5 Å². The Balaban J connectivity index is 2.18. The van der Waals surface area contributed by atoms with Crippen molar-refractivity contribution in [3.63, 3.8) is 0 Å². The van der Waals surface area contributed by atoms with Crippen molar-refractivity contribution in [3.8, 4) is 0 Å². The molecule has 1 aliphatic rings. The third-order valence-corrected chi connectivity index (χ3v) is 5.38. The summed E-state index contributed by atoms with van der Waals surface area (Å²) in [7, 11) is 0. The normalized spacial score (nSPS) is 24.5. The van der Waals surface area contributed by atoms with Crippen molar-refractivity contribution in [1.29, 1.82) is 0 Å². The largest absolute Gasteiger partial charge is 0.512 e. The van der Waals surface area contributed by atoms with E-state index in [0.717, 1.165) is 5.69 Å².